The van der Waals surface area contributed by atoms with Gasteiger partial charge in [0.05, 0.1) is 6.54 Å². The maximum absolute atomic E-state index is 11.6. The minimum atomic E-state index is 0.272. The van der Waals surface area contributed by atoms with Gasteiger partial charge in [-0.1, -0.05) is 37.3 Å². The number of likely N-dealkylation sites (tertiary alicyclic amines) is 1. The number of benzene rings is 1. The van der Waals surface area contributed by atoms with E-state index >= 15 is 0 Å². The molecule has 0 aromatic heterocycles. The first kappa shape index (κ1) is 10.4. The lowest BCUT2D eigenvalue weighted by Crippen LogP contribution is -2.20. The Kier molecular flexibility index (Phi) is 3.17. The Hall–Kier alpha value is -1.15. The lowest BCUT2D eigenvalue weighted by atomic mass is 10.1. The number of ketones is 1. The minimum Gasteiger partial charge on any atom is -0.298 e. The second-order valence-electron chi connectivity index (χ2n) is 4.23. The van der Waals surface area contributed by atoms with Crippen LogP contribution in [0.4, 0.5) is 0 Å². The molecule has 1 aromatic carbocycles. The minimum absolute atomic E-state index is 0.272. The second kappa shape index (κ2) is 4.58. The molecule has 1 aromatic rings. The third kappa shape index (κ3) is 2.45. The molecular formula is C13H17NO. The van der Waals surface area contributed by atoms with Gasteiger partial charge in [-0.15, -0.1) is 0 Å². The van der Waals surface area contributed by atoms with Gasteiger partial charge in [-0.2, -0.15) is 0 Å². The molecule has 80 valence electrons. The molecule has 0 N–H and O–H groups in total. The van der Waals surface area contributed by atoms with Gasteiger partial charge >= 0.3 is 0 Å². The summed E-state index contributed by atoms with van der Waals surface area (Å²) in [5, 5.41) is 0. The van der Waals surface area contributed by atoms with Gasteiger partial charge in [0.25, 0.3) is 0 Å². The highest BCUT2D eigenvalue weighted by Crippen LogP contribution is 2.17. The molecule has 1 unspecified atom stereocenters. The lowest BCUT2D eigenvalue weighted by molar-refractivity contribution is -0.119. The Bertz CT molecular complexity index is 334. The molecule has 0 aliphatic carbocycles. The largest absolute Gasteiger partial charge is 0.298 e. The molecule has 0 saturated carbocycles. The molecule has 1 aliphatic heterocycles. The molecule has 2 heteroatoms. The highest BCUT2D eigenvalue weighted by Gasteiger charge is 2.28. The maximum Gasteiger partial charge on any atom is 0.151 e. The van der Waals surface area contributed by atoms with E-state index in [0.717, 1.165) is 19.5 Å². The van der Waals surface area contributed by atoms with Crippen LogP contribution in [0.5, 0.6) is 0 Å². The number of Topliss-reactive ketones (excluding diaryl/α,β-unsaturated/α-hetero) is 1. The van der Waals surface area contributed by atoms with Crippen LogP contribution in [0.3, 0.4) is 0 Å². The van der Waals surface area contributed by atoms with Gasteiger partial charge < -0.3 is 0 Å². The number of hydrogen-bond donors (Lipinski definition) is 0. The number of rotatable bonds is 3. The van der Waals surface area contributed by atoms with Crippen LogP contribution in [0.25, 0.3) is 0 Å². The molecule has 0 spiro atoms. The van der Waals surface area contributed by atoms with Gasteiger partial charge in [-0.25, -0.2) is 0 Å². The van der Waals surface area contributed by atoms with Crippen LogP contribution in [0.2, 0.25) is 0 Å². The van der Waals surface area contributed by atoms with E-state index in [1.54, 1.807) is 0 Å². The lowest BCUT2D eigenvalue weighted by Gasteiger charge is -2.14. The predicted molar refractivity (Wildman–Crippen MR) is 60.5 cm³/mol. The van der Waals surface area contributed by atoms with Crippen molar-refractivity contribution in [1.82, 2.24) is 4.90 Å². The SMILES string of the molecule is CCC1CN(Cc2ccccc2)CC1=O. The summed E-state index contributed by atoms with van der Waals surface area (Å²) in [6.45, 7) is 4.56. The number of hydrogen-bond acceptors (Lipinski definition) is 2. The van der Waals surface area contributed by atoms with E-state index in [9.17, 15) is 4.79 Å². The standard InChI is InChI=1S/C13H17NO/c1-2-12-9-14(10-13(12)15)8-11-6-4-3-5-7-11/h3-7,12H,2,8-10H2,1H3. The maximum atomic E-state index is 11.6. The summed E-state index contributed by atoms with van der Waals surface area (Å²) in [4.78, 5) is 13.8. The van der Waals surface area contributed by atoms with Crippen molar-refractivity contribution in [3.05, 3.63) is 35.9 Å². The summed E-state index contributed by atoms with van der Waals surface area (Å²) in [5.74, 6) is 0.683. The normalized spacial score (nSPS) is 22.2. The van der Waals surface area contributed by atoms with Gasteiger partial charge in [-0.3, -0.25) is 9.69 Å². The Labute approximate surface area is 90.9 Å². The van der Waals surface area contributed by atoms with Crippen molar-refractivity contribution in [2.24, 2.45) is 5.92 Å². The van der Waals surface area contributed by atoms with E-state index in [4.69, 9.17) is 0 Å². The zero-order chi connectivity index (χ0) is 10.7. The molecule has 2 nitrogen and oxygen atoms in total. The highest BCUT2D eigenvalue weighted by molar-refractivity contribution is 5.85. The average molecular weight is 203 g/mol. The topological polar surface area (TPSA) is 20.3 Å². The highest BCUT2D eigenvalue weighted by atomic mass is 16.1. The number of carbonyl (C=O) groups is 1. The quantitative estimate of drug-likeness (QED) is 0.749. The first-order valence-electron chi connectivity index (χ1n) is 5.58. The van der Waals surface area contributed by atoms with Crippen molar-refractivity contribution < 1.29 is 4.79 Å². The molecule has 1 heterocycles. The predicted octanol–water partition coefficient (Wildman–Crippen LogP) is 2.10. The fourth-order valence-corrected chi connectivity index (χ4v) is 2.15. The second-order valence-corrected chi connectivity index (χ2v) is 4.23. The molecule has 1 fully saturated rings. The summed E-state index contributed by atoms with van der Waals surface area (Å²) >= 11 is 0. The first-order chi connectivity index (χ1) is 7.29. The van der Waals surface area contributed by atoms with E-state index in [1.807, 2.05) is 18.2 Å². The third-order valence-electron chi connectivity index (χ3n) is 3.06. The van der Waals surface area contributed by atoms with Crippen molar-refractivity contribution in [2.45, 2.75) is 19.9 Å². The van der Waals surface area contributed by atoms with Crippen LogP contribution >= 0.6 is 0 Å². The summed E-state index contributed by atoms with van der Waals surface area (Å²) < 4.78 is 0. The molecule has 15 heavy (non-hydrogen) atoms. The molecule has 0 bridgehead atoms. The third-order valence-corrected chi connectivity index (χ3v) is 3.06. The summed E-state index contributed by atoms with van der Waals surface area (Å²) in [7, 11) is 0. The molecule has 0 amide bonds. The first-order valence-corrected chi connectivity index (χ1v) is 5.58. The van der Waals surface area contributed by atoms with Crippen LogP contribution in [0, 0.1) is 5.92 Å². The zero-order valence-electron chi connectivity index (χ0n) is 9.15. The summed E-state index contributed by atoms with van der Waals surface area (Å²) in [6.07, 6.45) is 0.976. The molecule has 1 atom stereocenters. The Morgan fingerprint density at radius 3 is 2.67 bits per heavy atom. The summed E-state index contributed by atoms with van der Waals surface area (Å²) in [5.41, 5.74) is 1.29. The van der Waals surface area contributed by atoms with Crippen LogP contribution in [-0.2, 0) is 11.3 Å². The van der Waals surface area contributed by atoms with Crippen molar-refractivity contribution in [1.29, 1.82) is 0 Å². The van der Waals surface area contributed by atoms with Gasteiger partial charge in [0.1, 0.15) is 0 Å². The van der Waals surface area contributed by atoms with Gasteiger partial charge in [0.15, 0.2) is 5.78 Å². The van der Waals surface area contributed by atoms with Gasteiger partial charge in [-0.05, 0) is 12.0 Å². The number of carbonyl (C=O) groups excluding carboxylic acids is 1. The van der Waals surface area contributed by atoms with E-state index in [0.29, 0.717) is 12.3 Å². The van der Waals surface area contributed by atoms with E-state index in [-0.39, 0.29) is 5.92 Å². The van der Waals surface area contributed by atoms with Crippen molar-refractivity contribution in [3.63, 3.8) is 0 Å². The zero-order valence-corrected chi connectivity index (χ0v) is 9.15. The number of nitrogens with zero attached hydrogens (tertiary/aromatic N) is 1. The molecule has 2 rings (SSSR count). The van der Waals surface area contributed by atoms with Gasteiger partial charge in [0.2, 0.25) is 0 Å². The Morgan fingerprint density at radius 2 is 2.07 bits per heavy atom. The van der Waals surface area contributed by atoms with Crippen molar-refractivity contribution >= 4 is 5.78 Å². The van der Waals surface area contributed by atoms with Gasteiger partial charge in [0, 0.05) is 19.0 Å². The van der Waals surface area contributed by atoms with Crippen LogP contribution in [-0.4, -0.2) is 23.8 Å². The molecule has 0 radical (unpaired) electrons. The smallest absolute Gasteiger partial charge is 0.151 e. The Morgan fingerprint density at radius 1 is 1.33 bits per heavy atom. The Balaban J connectivity index is 1.95. The van der Waals surface area contributed by atoms with Crippen LogP contribution in [0.1, 0.15) is 18.9 Å². The van der Waals surface area contributed by atoms with E-state index < -0.39 is 0 Å². The monoisotopic (exact) mass is 203 g/mol. The molecule has 1 saturated heterocycles. The van der Waals surface area contributed by atoms with E-state index in [2.05, 4.69) is 24.0 Å². The average Bonchev–Trinajstić information content (AvgIpc) is 2.60. The fourth-order valence-electron chi connectivity index (χ4n) is 2.15. The van der Waals surface area contributed by atoms with Crippen LogP contribution < -0.4 is 0 Å². The van der Waals surface area contributed by atoms with E-state index in [1.165, 1.54) is 5.56 Å². The molecule has 1 aliphatic rings. The van der Waals surface area contributed by atoms with Crippen molar-refractivity contribution in [3.8, 4) is 0 Å². The fraction of sp³-hybridized carbons (Fsp3) is 0.462. The van der Waals surface area contributed by atoms with Crippen molar-refractivity contribution in [2.75, 3.05) is 13.1 Å². The summed E-state index contributed by atoms with van der Waals surface area (Å²) in [6, 6.07) is 10.3. The molecular weight excluding hydrogens is 186 g/mol. The van der Waals surface area contributed by atoms with Crippen LogP contribution in [0.15, 0.2) is 30.3 Å².